The lowest BCUT2D eigenvalue weighted by molar-refractivity contribution is -0.141. The van der Waals surface area contributed by atoms with Crippen LogP contribution in [0, 0.1) is 11.8 Å². The van der Waals surface area contributed by atoms with E-state index in [0.717, 1.165) is 39.3 Å². The summed E-state index contributed by atoms with van der Waals surface area (Å²) in [5.41, 5.74) is 0. The molecule has 0 aromatic heterocycles. The first-order valence-electron chi connectivity index (χ1n) is 7.47. The topological polar surface area (TPSA) is 78.9 Å². The number of carbonyl (C=O) groups is 2. The zero-order valence-electron chi connectivity index (χ0n) is 11.8. The molecule has 1 saturated heterocycles. The number of nitrogens with zero attached hydrogens (tertiary/aromatic N) is 1. The lowest BCUT2D eigenvalue weighted by Crippen LogP contribution is -2.38. The third-order valence-corrected chi connectivity index (χ3v) is 4.21. The molecular weight excluding hydrogens is 260 g/mol. The van der Waals surface area contributed by atoms with Gasteiger partial charge in [-0.3, -0.25) is 14.5 Å². The first-order valence-corrected chi connectivity index (χ1v) is 7.47. The predicted molar refractivity (Wildman–Crippen MR) is 73.4 cm³/mol. The average molecular weight is 284 g/mol. The van der Waals surface area contributed by atoms with Gasteiger partial charge in [-0.2, -0.15) is 0 Å². The van der Waals surface area contributed by atoms with E-state index in [2.05, 4.69) is 10.2 Å². The number of ether oxygens (including phenoxy) is 1. The second-order valence-corrected chi connectivity index (χ2v) is 5.64. The van der Waals surface area contributed by atoms with Crippen LogP contribution in [0.15, 0.2) is 0 Å². The van der Waals surface area contributed by atoms with E-state index in [9.17, 15) is 9.59 Å². The lowest BCUT2D eigenvalue weighted by Gasteiger charge is -2.26. The van der Waals surface area contributed by atoms with Crippen LogP contribution >= 0.6 is 0 Å². The highest BCUT2D eigenvalue weighted by molar-refractivity contribution is 5.80. The Balaban J connectivity index is 1.57. The van der Waals surface area contributed by atoms with Crippen molar-refractivity contribution >= 4 is 11.9 Å². The van der Waals surface area contributed by atoms with Gasteiger partial charge in [0.15, 0.2) is 0 Å². The second kappa shape index (κ2) is 7.59. The molecule has 20 heavy (non-hydrogen) atoms. The molecular formula is C14H24N2O4. The number of carboxylic acid groups (broad SMARTS) is 1. The average Bonchev–Trinajstić information content (AvgIpc) is 2.94. The number of carbonyl (C=O) groups excluding carboxylic acids is 1. The Hall–Kier alpha value is -1.14. The quantitative estimate of drug-likeness (QED) is 0.687. The lowest BCUT2D eigenvalue weighted by atomic mass is 10.0. The number of nitrogens with one attached hydrogen (secondary N) is 1. The zero-order valence-corrected chi connectivity index (χ0v) is 11.8. The molecule has 6 heteroatoms. The largest absolute Gasteiger partial charge is 0.481 e. The van der Waals surface area contributed by atoms with Crippen molar-refractivity contribution in [2.24, 2.45) is 11.8 Å². The molecule has 1 aliphatic heterocycles. The molecule has 2 fully saturated rings. The number of carboxylic acids is 1. The molecule has 0 aromatic rings. The minimum atomic E-state index is -0.771. The van der Waals surface area contributed by atoms with Gasteiger partial charge in [0, 0.05) is 25.6 Å². The highest BCUT2D eigenvalue weighted by Crippen LogP contribution is 2.30. The van der Waals surface area contributed by atoms with Crippen LogP contribution in [-0.2, 0) is 14.3 Å². The van der Waals surface area contributed by atoms with E-state index in [1.54, 1.807) is 0 Å². The fourth-order valence-corrected chi connectivity index (χ4v) is 2.93. The summed E-state index contributed by atoms with van der Waals surface area (Å²) < 4.78 is 5.28. The number of rotatable bonds is 6. The Bertz CT molecular complexity index is 342. The molecule has 2 rings (SSSR count). The molecule has 0 radical (unpaired) electrons. The molecule has 114 valence electrons. The summed E-state index contributed by atoms with van der Waals surface area (Å²) in [6, 6.07) is 0. The third-order valence-electron chi connectivity index (χ3n) is 4.21. The van der Waals surface area contributed by atoms with Crippen LogP contribution in [0.5, 0.6) is 0 Å². The van der Waals surface area contributed by atoms with Crippen molar-refractivity contribution in [1.82, 2.24) is 10.2 Å². The second-order valence-electron chi connectivity index (χ2n) is 5.64. The summed E-state index contributed by atoms with van der Waals surface area (Å²) in [5, 5.41) is 11.9. The summed E-state index contributed by atoms with van der Waals surface area (Å²) >= 11 is 0. The van der Waals surface area contributed by atoms with Gasteiger partial charge in [-0.25, -0.2) is 0 Å². The highest BCUT2D eigenvalue weighted by atomic mass is 16.5. The molecule has 2 unspecified atom stereocenters. The van der Waals surface area contributed by atoms with Crippen LogP contribution in [0.2, 0.25) is 0 Å². The van der Waals surface area contributed by atoms with E-state index in [-0.39, 0.29) is 17.7 Å². The van der Waals surface area contributed by atoms with E-state index in [0.29, 0.717) is 25.8 Å². The molecule has 1 saturated carbocycles. The number of aliphatic carboxylic acids is 1. The van der Waals surface area contributed by atoms with E-state index in [1.807, 2.05) is 0 Å². The number of amides is 1. The van der Waals surface area contributed by atoms with Gasteiger partial charge in [-0.05, 0) is 32.2 Å². The maximum atomic E-state index is 11.9. The van der Waals surface area contributed by atoms with Gasteiger partial charge in [-0.15, -0.1) is 0 Å². The van der Waals surface area contributed by atoms with Crippen molar-refractivity contribution in [2.45, 2.75) is 25.7 Å². The number of morpholine rings is 1. The van der Waals surface area contributed by atoms with Crippen LogP contribution in [0.1, 0.15) is 25.7 Å². The van der Waals surface area contributed by atoms with Gasteiger partial charge in [0.2, 0.25) is 5.91 Å². The standard InChI is InChI=1S/C14H24N2O4/c17-13(11-2-3-12(10-11)14(18)19)15-4-1-5-16-6-8-20-9-7-16/h11-12H,1-10H2,(H,15,17)(H,18,19). The molecule has 0 spiro atoms. The Morgan fingerprint density at radius 1 is 1.20 bits per heavy atom. The van der Waals surface area contributed by atoms with E-state index >= 15 is 0 Å². The van der Waals surface area contributed by atoms with Crippen molar-refractivity contribution in [3.05, 3.63) is 0 Å². The van der Waals surface area contributed by atoms with Gasteiger partial charge >= 0.3 is 5.97 Å². The maximum Gasteiger partial charge on any atom is 0.306 e. The normalized spacial score (nSPS) is 27.4. The Morgan fingerprint density at radius 3 is 2.55 bits per heavy atom. The third kappa shape index (κ3) is 4.45. The first-order chi connectivity index (χ1) is 9.66. The smallest absolute Gasteiger partial charge is 0.306 e. The van der Waals surface area contributed by atoms with Crippen LogP contribution in [0.3, 0.4) is 0 Å². The van der Waals surface area contributed by atoms with Crippen LogP contribution < -0.4 is 5.32 Å². The summed E-state index contributed by atoms with van der Waals surface area (Å²) in [5.74, 6) is -1.19. The van der Waals surface area contributed by atoms with E-state index in [1.165, 1.54) is 0 Å². The minimum Gasteiger partial charge on any atom is -0.481 e. The highest BCUT2D eigenvalue weighted by Gasteiger charge is 2.33. The molecule has 2 aliphatic rings. The first kappa shape index (κ1) is 15.3. The monoisotopic (exact) mass is 284 g/mol. The van der Waals surface area contributed by atoms with Gasteiger partial charge in [-0.1, -0.05) is 0 Å². The molecule has 0 bridgehead atoms. The van der Waals surface area contributed by atoms with Crippen molar-refractivity contribution in [3.8, 4) is 0 Å². The maximum absolute atomic E-state index is 11.9. The van der Waals surface area contributed by atoms with E-state index < -0.39 is 5.97 Å². The van der Waals surface area contributed by atoms with Gasteiger partial charge in [0.25, 0.3) is 0 Å². The Labute approximate surface area is 119 Å². The molecule has 1 heterocycles. The number of hydrogen-bond acceptors (Lipinski definition) is 4. The van der Waals surface area contributed by atoms with Crippen molar-refractivity contribution < 1.29 is 19.4 Å². The Morgan fingerprint density at radius 2 is 1.90 bits per heavy atom. The summed E-state index contributed by atoms with van der Waals surface area (Å²) in [7, 11) is 0. The molecule has 6 nitrogen and oxygen atoms in total. The zero-order chi connectivity index (χ0) is 14.4. The molecule has 2 N–H and O–H groups in total. The minimum absolute atomic E-state index is 0.0238. The molecule has 1 aliphatic carbocycles. The SMILES string of the molecule is O=C(O)C1CCC(C(=O)NCCCN2CCOCC2)C1. The number of hydrogen-bond donors (Lipinski definition) is 2. The van der Waals surface area contributed by atoms with Gasteiger partial charge in [0.05, 0.1) is 19.1 Å². The van der Waals surface area contributed by atoms with Crippen molar-refractivity contribution in [2.75, 3.05) is 39.4 Å². The van der Waals surface area contributed by atoms with Gasteiger partial charge < -0.3 is 15.2 Å². The van der Waals surface area contributed by atoms with Crippen molar-refractivity contribution in [1.29, 1.82) is 0 Å². The van der Waals surface area contributed by atoms with Crippen molar-refractivity contribution in [3.63, 3.8) is 0 Å². The molecule has 1 amide bonds. The van der Waals surface area contributed by atoms with Crippen LogP contribution in [0.25, 0.3) is 0 Å². The predicted octanol–water partition coefficient (Wildman–Crippen LogP) is 0.326. The Kier molecular flexibility index (Phi) is 5.79. The van der Waals surface area contributed by atoms with Crippen LogP contribution in [-0.4, -0.2) is 61.3 Å². The summed E-state index contributed by atoms with van der Waals surface area (Å²) in [4.78, 5) is 25.1. The van der Waals surface area contributed by atoms with Crippen LogP contribution in [0.4, 0.5) is 0 Å². The summed E-state index contributed by atoms with van der Waals surface area (Å²) in [6.07, 6.45) is 2.75. The van der Waals surface area contributed by atoms with E-state index in [4.69, 9.17) is 9.84 Å². The molecule has 0 aromatic carbocycles. The molecule has 2 atom stereocenters. The fraction of sp³-hybridized carbons (Fsp3) is 0.857. The van der Waals surface area contributed by atoms with Gasteiger partial charge in [0.1, 0.15) is 0 Å². The summed E-state index contributed by atoms with van der Waals surface area (Å²) in [6.45, 7) is 5.18. The fourth-order valence-electron chi connectivity index (χ4n) is 2.93.